The first-order valence-electron chi connectivity index (χ1n) is 9.40. The van der Waals surface area contributed by atoms with Gasteiger partial charge in [-0.3, -0.25) is 9.89 Å². The molecule has 1 saturated heterocycles. The Morgan fingerprint density at radius 2 is 1.93 bits per heavy atom. The average molecular weight is 414 g/mol. The van der Waals surface area contributed by atoms with Gasteiger partial charge in [-0.15, -0.1) is 11.8 Å². The largest absolute Gasteiger partial charge is 0.339 e. The normalized spacial score (nSPS) is 19.0. The lowest BCUT2D eigenvalue weighted by Crippen LogP contribution is -2.52. The number of aliphatic imine (C=N–C) groups is 2. The second kappa shape index (κ2) is 10.1. The van der Waals surface area contributed by atoms with Gasteiger partial charge in [0.15, 0.2) is 0 Å². The van der Waals surface area contributed by atoms with Gasteiger partial charge in [-0.25, -0.2) is 0 Å². The number of thioether (sulfide) groups is 2. The second-order valence-corrected chi connectivity index (χ2v) is 8.76. The lowest BCUT2D eigenvalue weighted by Gasteiger charge is -2.39. The summed E-state index contributed by atoms with van der Waals surface area (Å²) in [4.78, 5) is 15.7. The van der Waals surface area contributed by atoms with Crippen LogP contribution >= 0.6 is 23.5 Å². The van der Waals surface area contributed by atoms with Crippen LogP contribution in [0.25, 0.3) is 0 Å². The van der Waals surface area contributed by atoms with Gasteiger partial charge in [-0.1, -0.05) is 23.9 Å². The third-order valence-electron chi connectivity index (χ3n) is 5.00. The fraction of sp³-hybridized carbons (Fsp3) is 0.429. The van der Waals surface area contributed by atoms with Crippen LogP contribution in [0.3, 0.4) is 0 Å². The molecule has 28 heavy (non-hydrogen) atoms. The van der Waals surface area contributed by atoms with Gasteiger partial charge in [-0.2, -0.15) is 4.99 Å². The van der Waals surface area contributed by atoms with Crippen molar-refractivity contribution in [3.8, 4) is 12.0 Å². The standard InChI is InChI=1S/C21H27N5S2/c1-16(18-5-7-19(8-6-18)28-17(2)22-3)25-11-13-26(14-12-25)21-23-10-9-20(27-4)15-24-21/h5-8,15-16H,11-14H2,1-4H3,(H,23,24). The van der Waals surface area contributed by atoms with E-state index in [0.717, 1.165) is 42.1 Å². The first-order valence-corrected chi connectivity index (χ1v) is 11.4. The molecule has 0 saturated carbocycles. The molecule has 0 radical (unpaired) electrons. The van der Waals surface area contributed by atoms with E-state index in [9.17, 15) is 0 Å². The van der Waals surface area contributed by atoms with Crippen molar-refractivity contribution in [2.45, 2.75) is 24.8 Å². The molecule has 0 bridgehead atoms. The SMILES string of the molecule is CN=C(C)Sc1ccc(C(C)N2CCN(C3=NC#CC(SC)=CN3)CC2)cc1. The Labute approximate surface area is 176 Å². The number of hydrogen-bond acceptors (Lipinski definition) is 7. The van der Waals surface area contributed by atoms with Gasteiger partial charge in [0.25, 0.3) is 0 Å². The van der Waals surface area contributed by atoms with Crippen molar-refractivity contribution < 1.29 is 0 Å². The number of piperazine rings is 1. The van der Waals surface area contributed by atoms with Crippen LogP contribution in [0.2, 0.25) is 0 Å². The molecule has 1 aromatic carbocycles. The molecule has 1 atom stereocenters. The van der Waals surface area contributed by atoms with Crippen molar-refractivity contribution >= 4 is 34.5 Å². The zero-order valence-electron chi connectivity index (χ0n) is 16.9. The monoisotopic (exact) mass is 413 g/mol. The molecule has 3 rings (SSSR count). The summed E-state index contributed by atoms with van der Waals surface area (Å²) in [6.07, 6.45) is 3.97. The third kappa shape index (κ3) is 5.34. The van der Waals surface area contributed by atoms with Crippen LogP contribution in [0.5, 0.6) is 0 Å². The topological polar surface area (TPSA) is 43.2 Å². The Balaban J connectivity index is 1.55. The fourth-order valence-corrected chi connectivity index (χ4v) is 4.20. The molecule has 7 heteroatoms. The highest BCUT2D eigenvalue weighted by atomic mass is 32.2. The first kappa shape index (κ1) is 20.8. The summed E-state index contributed by atoms with van der Waals surface area (Å²) >= 11 is 3.34. The van der Waals surface area contributed by atoms with Crippen LogP contribution < -0.4 is 5.32 Å². The molecule has 1 N–H and O–H groups in total. The van der Waals surface area contributed by atoms with E-state index in [4.69, 9.17) is 0 Å². The van der Waals surface area contributed by atoms with Gasteiger partial charge in [0.05, 0.1) is 9.95 Å². The van der Waals surface area contributed by atoms with Crippen molar-refractivity contribution in [3.63, 3.8) is 0 Å². The summed E-state index contributed by atoms with van der Waals surface area (Å²) in [6, 6.07) is 12.2. The Bertz CT molecular complexity index is 825. The maximum atomic E-state index is 4.39. The number of rotatable bonds is 4. The van der Waals surface area contributed by atoms with Crippen molar-refractivity contribution in [1.82, 2.24) is 15.1 Å². The van der Waals surface area contributed by atoms with E-state index in [2.05, 4.69) is 68.3 Å². The quantitative estimate of drug-likeness (QED) is 0.353. The minimum absolute atomic E-state index is 0.397. The van der Waals surface area contributed by atoms with Gasteiger partial charge >= 0.3 is 0 Å². The first-order chi connectivity index (χ1) is 13.6. The molecule has 2 aliphatic heterocycles. The summed E-state index contributed by atoms with van der Waals surface area (Å²) in [5.41, 5.74) is 1.35. The molecule has 0 aromatic heterocycles. The fourth-order valence-electron chi connectivity index (χ4n) is 3.17. The molecular weight excluding hydrogens is 386 g/mol. The number of nitrogens with one attached hydrogen (secondary N) is 1. The predicted octanol–water partition coefficient (Wildman–Crippen LogP) is 3.63. The Morgan fingerprint density at radius 1 is 1.21 bits per heavy atom. The van der Waals surface area contributed by atoms with Gasteiger partial charge in [0.1, 0.15) is 0 Å². The molecule has 0 amide bonds. The molecule has 5 nitrogen and oxygen atoms in total. The molecule has 2 heterocycles. The van der Waals surface area contributed by atoms with E-state index in [-0.39, 0.29) is 0 Å². The van der Waals surface area contributed by atoms with E-state index in [1.54, 1.807) is 23.5 Å². The van der Waals surface area contributed by atoms with E-state index in [1.165, 1.54) is 10.5 Å². The highest BCUT2D eigenvalue weighted by molar-refractivity contribution is 8.13. The van der Waals surface area contributed by atoms with Crippen LogP contribution in [-0.2, 0) is 0 Å². The molecule has 2 aliphatic rings. The highest BCUT2D eigenvalue weighted by Gasteiger charge is 2.24. The Hall–Kier alpha value is -1.88. The van der Waals surface area contributed by atoms with Crippen LogP contribution in [0, 0.1) is 12.0 Å². The molecule has 0 spiro atoms. The predicted molar refractivity (Wildman–Crippen MR) is 123 cm³/mol. The summed E-state index contributed by atoms with van der Waals surface area (Å²) in [5, 5.41) is 4.37. The zero-order valence-corrected chi connectivity index (χ0v) is 18.5. The van der Waals surface area contributed by atoms with Gasteiger partial charge in [-0.05, 0) is 43.7 Å². The van der Waals surface area contributed by atoms with E-state index in [0.29, 0.717) is 6.04 Å². The highest BCUT2D eigenvalue weighted by Crippen LogP contribution is 2.26. The minimum atomic E-state index is 0.397. The Morgan fingerprint density at radius 3 is 2.57 bits per heavy atom. The lowest BCUT2D eigenvalue weighted by molar-refractivity contribution is 0.139. The van der Waals surface area contributed by atoms with Crippen LogP contribution in [-0.4, -0.2) is 60.3 Å². The molecule has 1 unspecified atom stereocenters. The molecular formula is C21H27N5S2. The van der Waals surface area contributed by atoms with Crippen LogP contribution in [0.1, 0.15) is 25.5 Å². The van der Waals surface area contributed by atoms with Crippen molar-refractivity contribution in [1.29, 1.82) is 0 Å². The van der Waals surface area contributed by atoms with Crippen LogP contribution in [0.4, 0.5) is 0 Å². The average Bonchev–Trinajstić information content (AvgIpc) is 2.99. The number of allylic oxidation sites excluding steroid dienone is 1. The molecule has 1 fully saturated rings. The van der Waals surface area contributed by atoms with Gasteiger partial charge in [0, 0.05) is 56.4 Å². The zero-order chi connectivity index (χ0) is 19.9. The van der Waals surface area contributed by atoms with Crippen molar-refractivity contribution in [2.24, 2.45) is 9.98 Å². The maximum Gasteiger partial charge on any atom is 0.212 e. The molecule has 1 aromatic rings. The van der Waals surface area contributed by atoms with Gasteiger partial charge < -0.3 is 10.2 Å². The second-order valence-electron chi connectivity index (χ2n) is 6.64. The van der Waals surface area contributed by atoms with Gasteiger partial charge in [0.2, 0.25) is 5.96 Å². The van der Waals surface area contributed by atoms with E-state index >= 15 is 0 Å². The maximum absolute atomic E-state index is 4.39. The van der Waals surface area contributed by atoms with Crippen LogP contribution in [0.15, 0.2) is 50.3 Å². The van der Waals surface area contributed by atoms with E-state index in [1.807, 2.05) is 26.4 Å². The summed E-state index contributed by atoms with van der Waals surface area (Å²) in [5.74, 6) is 3.91. The molecule has 0 aliphatic carbocycles. The summed E-state index contributed by atoms with van der Waals surface area (Å²) in [7, 11) is 1.83. The van der Waals surface area contributed by atoms with E-state index < -0.39 is 0 Å². The number of benzene rings is 1. The van der Waals surface area contributed by atoms with Crippen molar-refractivity contribution in [2.75, 3.05) is 39.5 Å². The van der Waals surface area contributed by atoms with Crippen molar-refractivity contribution in [3.05, 3.63) is 40.9 Å². The Kier molecular flexibility index (Phi) is 7.49. The number of hydrogen-bond donors (Lipinski definition) is 1. The lowest BCUT2D eigenvalue weighted by atomic mass is 10.1. The number of guanidine groups is 1. The number of nitrogens with zero attached hydrogens (tertiary/aromatic N) is 4. The molecule has 148 valence electrons. The smallest absolute Gasteiger partial charge is 0.212 e. The minimum Gasteiger partial charge on any atom is -0.339 e. The summed E-state index contributed by atoms with van der Waals surface area (Å²) < 4.78 is 0. The third-order valence-corrected chi connectivity index (χ3v) is 6.64. The summed E-state index contributed by atoms with van der Waals surface area (Å²) in [6.45, 7) is 8.23.